The van der Waals surface area contributed by atoms with E-state index in [9.17, 15) is 18.4 Å². The SMILES string of the molecule is O=C(O)CCC(Cc1ccccc1)NC(=O)NCc1ccc(OC(F)F)cc1. The highest BCUT2D eigenvalue weighted by Crippen LogP contribution is 2.14. The van der Waals surface area contributed by atoms with E-state index in [1.165, 1.54) is 12.1 Å². The number of nitrogens with one attached hydrogen (secondary N) is 2. The molecule has 2 aromatic rings. The number of benzene rings is 2. The summed E-state index contributed by atoms with van der Waals surface area (Å²) in [6, 6.07) is 14.6. The van der Waals surface area contributed by atoms with E-state index in [-0.39, 0.29) is 24.8 Å². The number of carboxylic acids is 1. The second-order valence-electron chi connectivity index (χ2n) is 6.17. The van der Waals surface area contributed by atoms with E-state index < -0.39 is 18.6 Å². The number of aliphatic carboxylic acids is 1. The Balaban J connectivity index is 1.86. The van der Waals surface area contributed by atoms with Crippen LogP contribution in [0.25, 0.3) is 0 Å². The third-order valence-corrected chi connectivity index (χ3v) is 3.97. The Morgan fingerprint density at radius 2 is 1.68 bits per heavy atom. The van der Waals surface area contributed by atoms with Crippen LogP contribution >= 0.6 is 0 Å². The van der Waals surface area contributed by atoms with Gasteiger partial charge in [-0.1, -0.05) is 42.5 Å². The molecule has 6 nitrogen and oxygen atoms in total. The molecule has 1 atom stereocenters. The summed E-state index contributed by atoms with van der Waals surface area (Å²) in [4.78, 5) is 23.0. The molecule has 0 bridgehead atoms. The molecule has 2 rings (SSSR count). The lowest BCUT2D eigenvalue weighted by atomic mass is 10.0. The Kier molecular flexibility index (Phi) is 8.20. The van der Waals surface area contributed by atoms with Crippen molar-refractivity contribution in [2.75, 3.05) is 0 Å². The average molecular weight is 392 g/mol. The van der Waals surface area contributed by atoms with Gasteiger partial charge in [0.05, 0.1) is 0 Å². The molecule has 0 aliphatic heterocycles. The molecule has 2 aromatic carbocycles. The molecule has 150 valence electrons. The van der Waals surface area contributed by atoms with Crippen LogP contribution in [0.15, 0.2) is 54.6 Å². The summed E-state index contributed by atoms with van der Waals surface area (Å²) in [7, 11) is 0. The largest absolute Gasteiger partial charge is 0.481 e. The number of ether oxygens (including phenoxy) is 1. The number of alkyl halides is 2. The maximum Gasteiger partial charge on any atom is 0.387 e. The van der Waals surface area contributed by atoms with Crippen molar-refractivity contribution in [3.05, 3.63) is 65.7 Å². The number of carbonyl (C=O) groups is 2. The van der Waals surface area contributed by atoms with Gasteiger partial charge in [0.1, 0.15) is 5.75 Å². The van der Waals surface area contributed by atoms with E-state index in [0.717, 1.165) is 5.56 Å². The van der Waals surface area contributed by atoms with E-state index in [2.05, 4.69) is 15.4 Å². The minimum absolute atomic E-state index is 0.0415. The third kappa shape index (κ3) is 8.03. The number of urea groups is 1. The van der Waals surface area contributed by atoms with Crippen LogP contribution in [0.2, 0.25) is 0 Å². The molecule has 0 aromatic heterocycles. The summed E-state index contributed by atoms with van der Waals surface area (Å²) in [5.41, 5.74) is 1.70. The molecular weight excluding hydrogens is 370 g/mol. The van der Waals surface area contributed by atoms with Crippen LogP contribution < -0.4 is 15.4 Å². The van der Waals surface area contributed by atoms with E-state index in [1.54, 1.807) is 12.1 Å². The number of halogens is 2. The van der Waals surface area contributed by atoms with E-state index in [0.29, 0.717) is 18.4 Å². The Bertz CT molecular complexity index is 755. The molecule has 0 saturated heterocycles. The van der Waals surface area contributed by atoms with Gasteiger partial charge in [-0.15, -0.1) is 0 Å². The zero-order valence-electron chi connectivity index (χ0n) is 15.1. The lowest BCUT2D eigenvalue weighted by molar-refractivity contribution is -0.137. The quantitative estimate of drug-likeness (QED) is 0.577. The monoisotopic (exact) mass is 392 g/mol. The predicted octanol–water partition coefficient (Wildman–Crippen LogP) is 3.56. The summed E-state index contributed by atoms with van der Waals surface area (Å²) in [5.74, 6) is -0.883. The molecular formula is C20H22F2N2O4. The van der Waals surface area contributed by atoms with Crippen LogP contribution in [-0.2, 0) is 17.8 Å². The van der Waals surface area contributed by atoms with Crippen LogP contribution in [0.3, 0.4) is 0 Å². The molecule has 2 amide bonds. The van der Waals surface area contributed by atoms with Crippen molar-refractivity contribution in [1.82, 2.24) is 10.6 Å². The molecule has 0 aliphatic carbocycles. The van der Waals surface area contributed by atoms with Crippen molar-refractivity contribution in [1.29, 1.82) is 0 Å². The Morgan fingerprint density at radius 3 is 2.29 bits per heavy atom. The molecule has 3 N–H and O–H groups in total. The summed E-state index contributed by atoms with van der Waals surface area (Å²) < 4.78 is 28.6. The van der Waals surface area contributed by atoms with Crippen LogP contribution in [0, 0.1) is 0 Å². The summed E-state index contributed by atoms with van der Waals surface area (Å²) in [6.45, 7) is -2.69. The fraction of sp³-hybridized carbons (Fsp3) is 0.300. The van der Waals surface area contributed by atoms with E-state index in [1.807, 2.05) is 30.3 Å². The van der Waals surface area contributed by atoms with Gasteiger partial charge >= 0.3 is 18.6 Å². The van der Waals surface area contributed by atoms with Crippen molar-refractivity contribution in [3.63, 3.8) is 0 Å². The van der Waals surface area contributed by atoms with Crippen molar-refractivity contribution >= 4 is 12.0 Å². The van der Waals surface area contributed by atoms with Gasteiger partial charge in [-0.3, -0.25) is 4.79 Å². The standard InChI is InChI=1S/C20H22F2N2O4/c21-19(22)28-17-9-6-15(7-10-17)13-23-20(27)24-16(8-11-18(25)26)12-14-4-2-1-3-5-14/h1-7,9-10,16,19H,8,11-13H2,(H,25,26)(H2,23,24,27). The maximum atomic E-state index is 12.2. The lowest BCUT2D eigenvalue weighted by Gasteiger charge is -2.19. The highest BCUT2D eigenvalue weighted by Gasteiger charge is 2.15. The number of carbonyl (C=O) groups excluding carboxylic acids is 1. The topological polar surface area (TPSA) is 87.7 Å². The van der Waals surface area contributed by atoms with Gasteiger partial charge in [-0.05, 0) is 36.1 Å². The van der Waals surface area contributed by atoms with E-state index >= 15 is 0 Å². The van der Waals surface area contributed by atoms with Gasteiger partial charge in [0.15, 0.2) is 0 Å². The first kappa shape index (κ1) is 21.1. The van der Waals surface area contributed by atoms with Crippen LogP contribution in [0.1, 0.15) is 24.0 Å². The molecule has 0 fully saturated rings. The molecule has 1 unspecified atom stereocenters. The molecule has 8 heteroatoms. The summed E-state index contributed by atoms with van der Waals surface area (Å²) in [5, 5.41) is 14.4. The van der Waals surface area contributed by atoms with Gasteiger partial charge < -0.3 is 20.5 Å². The number of rotatable bonds is 10. The lowest BCUT2D eigenvalue weighted by Crippen LogP contribution is -2.43. The third-order valence-electron chi connectivity index (χ3n) is 3.97. The number of amides is 2. The van der Waals surface area contributed by atoms with Crippen molar-refractivity contribution < 1.29 is 28.2 Å². The number of carboxylic acid groups (broad SMARTS) is 1. The minimum Gasteiger partial charge on any atom is -0.481 e. The Morgan fingerprint density at radius 1 is 1.00 bits per heavy atom. The predicted molar refractivity (Wildman–Crippen MR) is 99.2 cm³/mol. The van der Waals surface area contributed by atoms with Crippen molar-refractivity contribution in [3.8, 4) is 5.75 Å². The summed E-state index contributed by atoms with van der Waals surface area (Å²) in [6.07, 6.45) is 0.766. The highest BCUT2D eigenvalue weighted by atomic mass is 19.3. The molecule has 0 saturated carbocycles. The van der Waals surface area contributed by atoms with Gasteiger partial charge in [0.2, 0.25) is 0 Å². The Hall–Kier alpha value is -3.16. The molecule has 0 radical (unpaired) electrons. The zero-order valence-corrected chi connectivity index (χ0v) is 15.1. The van der Waals surface area contributed by atoms with Crippen LogP contribution in [0.5, 0.6) is 5.75 Å². The average Bonchev–Trinajstić information content (AvgIpc) is 2.66. The smallest absolute Gasteiger partial charge is 0.387 e. The summed E-state index contributed by atoms with van der Waals surface area (Å²) >= 11 is 0. The normalized spacial score (nSPS) is 11.7. The van der Waals surface area contributed by atoms with Crippen LogP contribution in [-0.4, -0.2) is 29.8 Å². The van der Waals surface area contributed by atoms with Gasteiger partial charge in [0, 0.05) is 19.0 Å². The van der Waals surface area contributed by atoms with Crippen molar-refractivity contribution in [2.45, 2.75) is 38.5 Å². The fourth-order valence-electron chi connectivity index (χ4n) is 2.63. The van der Waals surface area contributed by atoms with Crippen LogP contribution in [0.4, 0.5) is 13.6 Å². The van der Waals surface area contributed by atoms with E-state index in [4.69, 9.17) is 5.11 Å². The Labute approximate surface area is 161 Å². The maximum absolute atomic E-state index is 12.2. The minimum atomic E-state index is -2.89. The number of hydrogen-bond acceptors (Lipinski definition) is 3. The number of hydrogen-bond donors (Lipinski definition) is 3. The van der Waals surface area contributed by atoms with Gasteiger partial charge in [0.25, 0.3) is 0 Å². The first-order valence-corrected chi connectivity index (χ1v) is 8.76. The second kappa shape index (κ2) is 10.9. The van der Waals surface area contributed by atoms with Gasteiger partial charge in [-0.2, -0.15) is 8.78 Å². The fourth-order valence-corrected chi connectivity index (χ4v) is 2.63. The second-order valence-corrected chi connectivity index (χ2v) is 6.17. The van der Waals surface area contributed by atoms with Crippen molar-refractivity contribution in [2.24, 2.45) is 0 Å². The molecule has 28 heavy (non-hydrogen) atoms. The van der Waals surface area contributed by atoms with Gasteiger partial charge in [-0.25, -0.2) is 4.79 Å². The molecule has 0 heterocycles. The molecule has 0 spiro atoms. The highest BCUT2D eigenvalue weighted by molar-refractivity contribution is 5.74. The molecule has 0 aliphatic rings. The first-order valence-electron chi connectivity index (χ1n) is 8.76. The first-order chi connectivity index (χ1) is 13.4. The zero-order chi connectivity index (χ0) is 20.4.